The van der Waals surface area contributed by atoms with Crippen molar-refractivity contribution in [1.82, 2.24) is 15.6 Å². The molecule has 3 heterocycles. The number of hydrogen-bond donors (Lipinski definition) is 3. The lowest BCUT2D eigenvalue weighted by Crippen LogP contribution is -2.50. The van der Waals surface area contributed by atoms with E-state index in [2.05, 4.69) is 22.2 Å². The smallest absolute Gasteiger partial charge is 0.490 e. The number of hydrogen-bond acceptors (Lipinski definition) is 7. The number of nitrogens with zero attached hydrogens (tertiary/aromatic N) is 3. The maximum atomic E-state index is 15.3. The van der Waals surface area contributed by atoms with E-state index >= 15 is 8.78 Å². The summed E-state index contributed by atoms with van der Waals surface area (Å²) in [6.07, 6.45) is -0.633. The van der Waals surface area contributed by atoms with Gasteiger partial charge in [-0.1, -0.05) is 6.58 Å². The summed E-state index contributed by atoms with van der Waals surface area (Å²) in [5, 5.41) is 13.1. The molecule has 3 amide bonds. The number of amides is 3. The zero-order chi connectivity index (χ0) is 31.9. The number of carbonyl (C=O) groups is 3. The van der Waals surface area contributed by atoms with Gasteiger partial charge in [-0.2, -0.15) is 13.2 Å². The molecule has 16 heteroatoms. The fourth-order valence-electron chi connectivity index (χ4n) is 4.50. The third-order valence-electron chi connectivity index (χ3n) is 6.69. The van der Waals surface area contributed by atoms with Gasteiger partial charge in [0.05, 0.1) is 38.7 Å². The Morgan fingerprint density at radius 3 is 2.26 bits per heavy atom. The van der Waals surface area contributed by atoms with E-state index in [9.17, 15) is 22.8 Å². The molecule has 2 aromatic rings. The predicted octanol–water partition coefficient (Wildman–Crippen LogP) is 3.76. The molecule has 0 atom stereocenters. The molecule has 1 aromatic carbocycles. The second kappa shape index (κ2) is 14.1. The highest BCUT2D eigenvalue weighted by Gasteiger charge is 2.39. The van der Waals surface area contributed by atoms with Crippen LogP contribution in [0.5, 0.6) is 11.5 Å². The number of halogens is 5. The summed E-state index contributed by atoms with van der Waals surface area (Å²) in [6.45, 7) is 5.50. The minimum absolute atomic E-state index is 0.104. The Bertz CT molecular complexity index is 1340. The first kappa shape index (κ1) is 33.0. The van der Waals surface area contributed by atoms with Crippen LogP contribution >= 0.6 is 0 Å². The van der Waals surface area contributed by atoms with E-state index in [0.29, 0.717) is 23.5 Å². The highest BCUT2D eigenvalue weighted by molar-refractivity contribution is 6.06. The first-order valence-electron chi connectivity index (χ1n) is 12.9. The molecule has 1 aromatic heterocycles. The van der Waals surface area contributed by atoms with Crippen molar-refractivity contribution in [2.24, 2.45) is 5.92 Å². The van der Waals surface area contributed by atoms with E-state index in [0.717, 1.165) is 43.0 Å². The van der Waals surface area contributed by atoms with E-state index < -0.39 is 35.5 Å². The van der Waals surface area contributed by atoms with Gasteiger partial charge < -0.3 is 25.2 Å². The van der Waals surface area contributed by atoms with Gasteiger partial charge in [0.1, 0.15) is 5.69 Å². The number of fused-ring (bicyclic) bond motifs is 1. The highest BCUT2D eigenvalue weighted by atomic mass is 19.4. The maximum Gasteiger partial charge on any atom is 0.490 e. The van der Waals surface area contributed by atoms with Crippen LogP contribution in [-0.2, 0) is 22.7 Å². The van der Waals surface area contributed by atoms with Crippen LogP contribution in [-0.4, -0.2) is 68.0 Å². The van der Waals surface area contributed by atoms with Gasteiger partial charge in [0.2, 0.25) is 5.91 Å². The Balaban J connectivity index is 0.000000646. The van der Waals surface area contributed by atoms with Crippen LogP contribution < -0.4 is 29.9 Å². The second-order valence-electron chi connectivity index (χ2n) is 9.46. The summed E-state index contributed by atoms with van der Waals surface area (Å²) >= 11 is 0. The zero-order valence-corrected chi connectivity index (χ0v) is 23.3. The lowest BCUT2D eigenvalue weighted by molar-refractivity contribution is -0.192. The molecule has 2 aliphatic heterocycles. The molecule has 4 rings (SSSR count). The molecular weight excluding hydrogens is 585 g/mol. The summed E-state index contributed by atoms with van der Waals surface area (Å²) in [4.78, 5) is 41.3. The van der Waals surface area contributed by atoms with Crippen molar-refractivity contribution in [3.63, 3.8) is 0 Å². The average Bonchev–Trinajstić information content (AvgIpc) is 2.98. The van der Waals surface area contributed by atoms with Crippen LogP contribution in [0.2, 0.25) is 0 Å². The van der Waals surface area contributed by atoms with Crippen LogP contribution in [0.15, 0.2) is 31.0 Å². The van der Waals surface area contributed by atoms with Gasteiger partial charge in [0, 0.05) is 24.4 Å². The van der Waals surface area contributed by atoms with Crippen molar-refractivity contribution in [1.29, 1.82) is 0 Å². The number of nitrogens with one attached hydrogen (secondary N) is 2. The van der Waals surface area contributed by atoms with Crippen LogP contribution in [0.3, 0.4) is 0 Å². The van der Waals surface area contributed by atoms with Gasteiger partial charge in [0.25, 0.3) is 0 Å². The highest BCUT2D eigenvalue weighted by Crippen LogP contribution is 2.41. The SMILES string of the molecule is C=CC(=O)NCc1cc2c(cn1)CN(c1c(F)c(OC)cc(OC)c1F)C(=O)N2CC1CCNCC1.O=C(O)C(F)(F)F. The summed E-state index contributed by atoms with van der Waals surface area (Å²) in [5.41, 5.74) is 1.21. The number of anilines is 2. The quantitative estimate of drug-likeness (QED) is 0.302. The summed E-state index contributed by atoms with van der Waals surface area (Å²) in [7, 11) is 2.51. The van der Waals surface area contributed by atoms with Crippen molar-refractivity contribution in [3.8, 4) is 11.5 Å². The number of ether oxygens (including phenoxy) is 2. The van der Waals surface area contributed by atoms with Gasteiger partial charge in [-0.3, -0.25) is 19.6 Å². The molecule has 2 aliphatic rings. The topological polar surface area (TPSA) is 133 Å². The number of carbonyl (C=O) groups excluding carboxylic acids is 2. The number of benzene rings is 1. The van der Waals surface area contributed by atoms with Crippen molar-refractivity contribution in [2.75, 3.05) is 43.7 Å². The van der Waals surface area contributed by atoms with E-state index in [1.54, 1.807) is 17.2 Å². The van der Waals surface area contributed by atoms with Crippen molar-refractivity contribution in [3.05, 3.63) is 53.9 Å². The van der Waals surface area contributed by atoms with Gasteiger partial charge in [0.15, 0.2) is 23.1 Å². The number of aromatic nitrogens is 1. The first-order chi connectivity index (χ1) is 20.3. The first-order valence-corrected chi connectivity index (χ1v) is 12.9. The average molecular weight is 616 g/mol. The zero-order valence-electron chi connectivity index (χ0n) is 23.3. The monoisotopic (exact) mass is 615 g/mol. The molecular formula is C27H30F5N5O6. The number of aliphatic carboxylic acids is 1. The Morgan fingerprint density at radius 1 is 1.16 bits per heavy atom. The minimum atomic E-state index is -5.08. The summed E-state index contributed by atoms with van der Waals surface area (Å²) in [6, 6.07) is 2.27. The molecule has 1 saturated heterocycles. The molecule has 0 unspecified atom stereocenters. The van der Waals surface area contributed by atoms with Crippen LogP contribution in [0.1, 0.15) is 24.1 Å². The summed E-state index contributed by atoms with van der Waals surface area (Å²) in [5.74, 6) is -5.36. The normalized spacial score (nSPS) is 15.2. The fourth-order valence-corrected chi connectivity index (χ4v) is 4.50. The molecule has 0 aliphatic carbocycles. The van der Waals surface area contributed by atoms with E-state index in [1.165, 1.54) is 14.2 Å². The largest absolute Gasteiger partial charge is 0.493 e. The standard InChI is InChI=1S/C25H29F2N5O4.C2HF3O2/c1-4-21(33)30-12-17-9-18-16(11-29-17)14-32(25(34)31(18)13-15-5-7-28-8-6-15)24-22(26)19(35-2)10-20(36-3)23(24)27;3-2(4,5)1(6)7/h4,9-11,15,28H,1,5-8,12-14H2,2-3H3,(H,30,33);(H,6,7). The Labute approximate surface area is 243 Å². The number of urea groups is 1. The summed E-state index contributed by atoms with van der Waals surface area (Å²) < 4.78 is 72.5. The molecule has 234 valence electrons. The number of methoxy groups -OCH3 is 2. The molecule has 0 radical (unpaired) electrons. The Hall–Kier alpha value is -4.47. The van der Waals surface area contributed by atoms with E-state index in [4.69, 9.17) is 19.4 Å². The lowest BCUT2D eigenvalue weighted by Gasteiger charge is -2.39. The number of pyridine rings is 1. The molecule has 0 bridgehead atoms. The predicted molar refractivity (Wildman–Crippen MR) is 144 cm³/mol. The molecule has 3 N–H and O–H groups in total. The Morgan fingerprint density at radius 2 is 1.74 bits per heavy atom. The van der Waals surface area contributed by atoms with Gasteiger partial charge in [-0.25, -0.2) is 18.4 Å². The van der Waals surface area contributed by atoms with Gasteiger partial charge >= 0.3 is 18.2 Å². The molecule has 0 spiro atoms. The van der Waals surface area contributed by atoms with Crippen molar-refractivity contribution >= 4 is 29.3 Å². The van der Waals surface area contributed by atoms with Gasteiger partial charge in [-0.15, -0.1) is 0 Å². The number of alkyl halides is 3. The lowest BCUT2D eigenvalue weighted by atomic mass is 9.96. The van der Waals surface area contributed by atoms with Crippen molar-refractivity contribution < 1.29 is 50.9 Å². The molecule has 43 heavy (non-hydrogen) atoms. The molecule has 0 saturated carbocycles. The minimum Gasteiger partial charge on any atom is -0.493 e. The van der Waals surface area contributed by atoms with Gasteiger partial charge in [-0.05, 0) is 44.0 Å². The number of rotatable bonds is 8. The number of piperidine rings is 1. The fraction of sp³-hybridized carbons (Fsp3) is 0.407. The van der Waals surface area contributed by atoms with Crippen LogP contribution in [0.4, 0.5) is 38.1 Å². The van der Waals surface area contributed by atoms with E-state index in [1.807, 2.05) is 0 Å². The van der Waals surface area contributed by atoms with E-state index in [-0.39, 0.29) is 36.4 Å². The maximum absolute atomic E-state index is 15.3. The molecule has 1 fully saturated rings. The number of carboxylic acids is 1. The van der Waals surface area contributed by atoms with Crippen molar-refractivity contribution in [2.45, 2.75) is 32.1 Å². The van der Waals surface area contributed by atoms with Crippen LogP contribution in [0, 0.1) is 17.6 Å². The van der Waals surface area contributed by atoms with Crippen LogP contribution in [0.25, 0.3) is 0 Å². The molecule has 11 nitrogen and oxygen atoms in total. The Kier molecular flexibility index (Phi) is 10.9. The third kappa shape index (κ3) is 7.88. The third-order valence-corrected chi connectivity index (χ3v) is 6.69. The number of carboxylic acid groups (broad SMARTS) is 1. The second-order valence-corrected chi connectivity index (χ2v) is 9.46.